The van der Waals surface area contributed by atoms with Crippen LogP contribution >= 0.6 is 23.4 Å². The molecule has 2 heterocycles. The van der Waals surface area contributed by atoms with Crippen molar-refractivity contribution < 1.29 is 17.7 Å². The van der Waals surface area contributed by atoms with Crippen molar-refractivity contribution in [2.75, 3.05) is 0 Å². The van der Waals surface area contributed by atoms with Crippen LogP contribution < -0.4 is 5.56 Å². The van der Waals surface area contributed by atoms with Crippen molar-refractivity contribution in [2.45, 2.75) is 23.6 Å². The Hall–Kier alpha value is -3.63. The van der Waals surface area contributed by atoms with Crippen LogP contribution in [0.2, 0.25) is 5.02 Å². The summed E-state index contributed by atoms with van der Waals surface area (Å²) in [5.74, 6) is 0.370. The van der Waals surface area contributed by atoms with Crippen molar-refractivity contribution in [1.29, 1.82) is 0 Å². The van der Waals surface area contributed by atoms with E-state index in [9.17, 15) is 18.0 Å². The van der Waals surface area contributed by atoms with Crippen molar-refractivity contribution >= 4 is 34.3 Å². The van der Waals surface area contributed by atoms with E-state index in [1.165, 1.54) is 28.5 Å². The first kappa shape index (κ1) is 24.1. The minimum Gasteiger partial charge on any atom is -0.338 e. The summed E-state index contributed by atoms with van der Waals surface area (Å²) in [5.41, 5.74) is 0.451. The SMILES string of the molecule is O=c1c2ccccc2nc(SCc2nc(-c3cccc(C(F)(F)F)c3)no2)n1Cc1ccccc1Cl. The number of rotatable bonds is 6. The largest absolute Gasteiger partial charge is 0.416 e. The summed E-state index contributed by atoms with van der Waals surface area (Å²) in [4.78, 5) is 22.2. The third kappa shape index (κ3) is 5.00. The Morgan fingerprint density at radius 3 is 2.56 bits per heavy atom. The second-order valence-electron chi connectivity index (χ2n) is 7.77. The highest BCUT2D eigenvalue weighted by atomic mass is 35.5. The molecule has 0 aliphatic carbocycles. The van der Waals surface area contributed by atoms with Gasteiger partial charge in [0.25, 0.3) is 5.56 Å². The molecule has 0 saturated heterocycles. The number of benzene rings is 3. The standard InChI is InChI=1S/C25H16ClF3N4O2S/c26-19-10-3-1-6-16(19)13-33-23(34)18-9-2-4-11-20(18)30-24(33)36-14-21-31-22(32-35-21)15-7-5-8-17(12-15)25(27,28)29/h1-12H,13-14H2. The van der Waals surface area contributed by atoms with Crippen molar-refractivity contribution in [3.63, 3.8) is 0 Å². The van der Waals surface area contributed by atoms with E-state index >= 15 is 0 Å². The number of halogens is 4. The molecule has 5 aromatic rings. The molecular formula is C25H16ClF3N4O2S. The topological polar surface area (TPSA) is 73.8 Å². The van der Waals surface area contributed by atoms with E-state index in [0.717, 1.165) is 17.7 Å². The lowest BCUT2D eigenvalue weighted by atomic mass is 10.1. The molecule has 0 saturated carbocycles. The third-order valence-corrected chi connectivity index (χ3v) is 6.68. The molecule has 0 atom stereocenters. The molecule has 0 radical (unpaired) electrons. The normalized spacial score (nSPS) is 11.8. The van der Waals surface area contributed by atoms with Crippen LogP contribution in [0.5, 0.6) is 0 Å². The molecule has 182 valence electrons. The number of aromatic nitrogens is 4. The summed E-state index contributed by atoms with van der Waals surface area (Å²) in [6.45, 7) is 0.206. The van der Waals surface area contributed by atoms with Crippen LogP contribution in [0.1, 0.15) is 17.0 Å². The fourth-order valence-corrected chi connectivity index (χ4v) is 4.62. The Morgan fingerprint density at radius 1 is 0.972 bits per heavy atom. The van der Waals surface area contributed by atoms with Gasteiger partial charge < -0.3 is 4.52 Å². The van der Waals surface area contributed by atoms with Crippen LogP contribution in [0, 0.1) is 0 Å². The summed E-state index contributed by atoms with van der Waals surface area (Å²) in [6.07, 6.45) is -4.48. The van der Waals surface area contributed by atoms with E-state index < -0.39 is 11.7 Å². The van der Waals surface area contributed by atoms with Crippen molar-refractivity contribution in [3.05, 3.63) is 105 Å². The Kier molecular flexibility index (Phi) is 6.55. The van der Waals surface area contributed by atoms with E-state index in [-0.39, 0.29) is 35.1 Å². The lowest BCUT2D eigenvalue weighted by Crippen LogP contribution is -2.24. The maximum atomic E-state index is 13.3. The van der Waals surface area contributed by atoms with Crippen molar-refractivity contribution in [2.24, 2.45) is 0 Å². The van der Waals surface area contributed by atoms with E-state index in [1.54, 1.807) is 36.4 Å². The van der Waals surface area contributed by atoms with Crippen LogP contribution in [-0.2, 0) is 18.5 Å². The van der Waals surface area contributed by atoms with Crippen LogP contribution in [0.3, 0.4) is 0 Å². The van der Waals surface area contributed by atoms with Crippen LogP contribution in [0.15, 0.2) is 87.3 Å². The van der Waals surface area contributed by atoms with Gasteiger partial charge in [-0.15, -0.1) is 0 Å². The molecule has 0 spiro atoms. The first-order valence-corrected chi connectivity index (χ1v) is 12.0. The Balaban J connectivity index is 1.45. The Morgan fingerprint density at radius 2 is 1.75 bits per heavy atom. The number of alkyl halides is 3. The number of nitrogens with zero attached hydrogens (tertiary/aromatic N) is 4. The zero-order valence-corrected chi connectivity index (χ0v) is 19.9. The molecule has 0 aliphatic heterocycles. The number of hydrogen-bond donors (Lipinski definition) is 0. The number of thioether (sulfide) groups is 1. The molecule has 0 aliphatic rings. The molecule has 2 aromatic heterocycles. The molecule has 0 unspecified atom stereocenters. The van der Waals surface area contributed by atoms with Crippen molar-refractivity contribution in [3.8, 4) is 11.4 Å². The zero-order valence-electron chi connectivity index (χ0n) is 18.4. The van der Waals surface area contributed by atoms with Crippen LogP contribution in [0.25, 0.3) is 22.3 Å². The lowest BCUT2D eigenvalue weighted by molar-refractivity contribution is -0.137. The monoisotopic (exact) mass is 528 g/mol. The Labute approximate surface area is 211 Å². The molecule has 0 fully saturated rings. The smallest absolute Gasteiger partial charge is 0.338 e. The molecule has 3 aromatic carbocycles. The van der Waals surface area contributed by atoms with Gasteiger partial charge in [0.1, 0.15) is 0 Å². The van der Waals surface area contributed by atoms with Gasteiger partial charge >= 0.3 is 6.18 Å². The fourth-order valence-electron chi connectivity index (χ4n) is 3.59. The molecule has 11 heteroatoms. The van der Waals surface area contributed by atoms with Gasteiger partial charge in [-0.05, 0) is 35.9 Å². The van der Waals surface area contributed by atoms with Crippen LogP contribution in [-0.4, -0.2) is 19.7 Å². The highest BCUT2D eigenvalue weighted by Gasteiger charge is 2.30. The first-order chi connectivity index (χ1) is 17.3. The van der Waals surface area contributed by atoms with E-state index in [2.05, 4.69) is 15.1 Å². The highest BCUT2D eigenvalue weighted by Crippen LogP contribution is 2.32. The molecule has 0 bridgehead atoms. The maximum Gasteiger partial charge on any atom is 0.416 e. The second-order valence-corrected chi connectivity index (χ2v) is 9.12. The maximum absolute atomic E-state index is 13.3. The highest BCUT2D eigenvalue weighted by molar-refractivity contribution is 7.98. The van der Waals surface area contributed by atoms with Gasteiger partial charge in [-0.25, -0.2) is 4.98 Å². The number of hydrogen-bond acceptors (Lipinski definition) is 6. The second kappa shape index (κ2) is 9.79. The predicted molar refractivity (Wildman–Crippen MR) is 131 cm³/mol. The lowest BCUT2D eigenvalue weighted by Gasteiger charge is -2.13. The molecule has 5 rings (SSSR count). The van der Waals surface area contributed by atoms with Gasteiger partial charge in [0.2, 0.25) is 11.7 Å². The Bertz CT molecular complexity index is 1620. The molecule has 0 amide bonds. The predicted octanol–water partition coefficient (Wildman–Crippen LogP) is 6.46. The molecule has 6 nitrogen and oxygen atoms in total. The average Bonchev–Trinajstić information content (AvgIpc) is 3.35. The fraction of sp³-hybridized carbons (Fsp3) is 0.120. The first-order valence-electron chi connectivity index (χ1n) is 10.7. The average molecular weight is 529 g/mol. The number of para-hydroxylation sites is 1. The molecule has 0 N–H and O–H groups in total. The van der Waals surface area contributed by atoms with Gasteiger partial charge in [-0.1, -0.05) is 71.0 Å². The summed E-state index contributed by atoms with van der Waals surface area (Å²) in [5, 5.41) is 5.23. The molecular weight excluding hydrogens is 513 g/mol. The van der Waals surface area contributed by atoms with E-state index in [4.69, 9.17) is 16.1 Å². The van der Waals surface area contributed by atoms with Gasteiger partial charge in [0.05, 0.1) is 28.8 Å². The van der Waals surface area contributed by atoms with Gasteiger partial charge in [0.15, 0.2) is 5.16 Å². The summed E-state index contributed by atoms with van der Waals surface area (Å²) < 4.78 is 45.9. The van der Waals surface area contributed by atoms with E-state index in [1.807, 2.05) is 12.1 Å². The summed E-state index contributed by atoms with van der Waals surface area (Å²) in [7, 11) is 0. The zero-order chi connectivity index (χ0) is 25.3. The summed E-state index contributed by atoms with van der Waals surface area (Å²) in [6, 6.07) is 18.9. The third-order valence-electron chi connectivity index (χ3n) is 5.35. The van der Waals surface area contributed by atoms with Crippen molar-refractivity contribution in [1.82, 2.24) is 19.7 Å². The van der Waals surface area contributed by atoms with Gasteiger partial charge in [-0.3, -0.25) is 9.36 Å². The van der Waals surface area contributed by atoms with Gasteiger partial charge in [0, 0.05) is 10.6 Å². The van der Waals surface area contributed by atoms with Crippen LogP contribution in [0.4, 0.5) is 13.2 Å². The van der Waals surface area contributed by atoms with Gasteiger partial charge in [-0.2, -0.15) is 18.2 Å². The minimum atomic E-state index is -4.48. The quantitative estimate of drug-likeness (QED) is 0.186. The minimum absolute atomic E-state index is 0.0385. The number of fused-ring (bicyclic) bond motifs is 1. The summed E-state index contributed by atoms with van der Waals surface area (Å²) >= 11 is 7.53. The van der Waals surface area contributed by atoms with E-state index in [0.29, 0.717) is 21.1 Å². The molecule has 36 heavy (non-hydrogen) atoms.